The van der Waals surface area contributed by atoms with Crippen LogP contribution in [0.5, 0.6) is 11.5 Å². The van der Waals surface area contributed by atoms with Gasteiger partial charge in [-0.15, -0.1) is 0 Å². The average molecular weight is 579 g/mol. The van der Waals surface area contributed by atoms with Crippen LogP contribution in [0.2, 0.25) is 0 Å². The molecule has 6 rings (SSSR count). The molecule has 4 aromatic rings. The lowest BCUT2D eigenvalue weighted by atomic mass is 9.95. The van der Waals surface area contributed by atoms with Gasteiger partial charge in [-0.25, -0.2) is 0 Å². The zero-order valence-corrected chi connectivity index (χ0v) is 24.9. The van der Waals surface area contributed by atoms with Crippen molar-refractivity contribution in [3.05, 3.63) is 58.1 Å². The molecule has 8 nitrogen and oxygen atoms in total. The molecule has 2 aliphatic carbocycles. The molecule has 2 N–H and O–H groups in total. The van der Waals surface area contributed by atoms with E-state index in [1.54, 1.807) is 14.2 Å². The summed E-state index contributed by atoms with van der Waals surface area (Å²) in [4.78, 5) is 0. The summed E-state index contributed by atoms with van der Waals surface area (Å²) in [5.74, 6) is 3.44. The molecular weight excluding hydrogens is 541 g/mol. The largest absolute Gasteiger partial charge is 0.496 e. The molecule has 2 heterocycles. The van der Waals surface area contributed by atoms with E-state index in [2.05, 4.69) is 29.5 Å². The third kappa shape index (κ3) is 6.07. The first-order valence-corrected chi connectivity index (χ1v) is 15.0. The van der Waals surface area contributed by atoms with Crippen molar-refractivity contribution >= 4 is 24.4 Å². The maximum absolute atomic E-state index is 5.45. The van der Waals surface area contributed by atoms with Gasteiger partial charge in [0.1, 0.15) is 11.5 Å². The predicted octanol–water partition coefficient (Wildman–Crippen LogP) is 8.24. The highest BCUT2D eigenvalue weighted by Crippen LogP contribution is 2.36. The molecule has 0 bridgehead atoms. The van der Waals surface area contributed by atoms with Gasteiger partial charge in [-0.3, -0.25) is 19.3 Å². The summed E-state index contributed by atoms with van der Waals surface area (Å²) >= 11 is 10.9. The second kappa shape index (κ2) is 13.4. The number of nitrogens with one attached hydrogen (secondary N) is 2. The van der Waals surface area contributed by atoms with Gasteiger partial charge in [0.25, 0.3) is 0 Å². The van der Waals surface area contributed by atoms with E-state index in [9.17, 15) is 0 Å². The van der Waals surface area contributed by atoms with E-state index in [1.165, 1.54) is 64.2 Å². The summed E-state index contributed by atoms with van der Waals surface area (Å²) in [6.45, 7) is 0. The average Bonchev–Trinajstić information content (AvgIpc) is 3.60. The zero-order chi connectivity index (χ0) is 27.9. The van der Waals surface area contributed by atoms with E-state index in [-0.39, 0.29) is 0 Å². The molecule has 0 saturated heterocycles. The molecule has 2 saturated carbocycles. The van der Waals surface area contributed by atoms with Crippen molar-refractivity contribution in [1.82, 2.24) is 29.5 Å². The number of aromatic amines is 2. The molecule has 212 valence electrons. The Bertz CT molecular complexity index is 1390. The maximum Gasteiger partial charge on any atom is 0.195 e. The summed E-state index contributed by atoms with van der Waals surface area (Å²) in [6.07, 6.45) is 12.4. The molecule has 2 aromatic carbocycles. The smallest absolute Gasteiger partial charge is 0.195 e. The standard InChI is InChI=1S/2C15H19N3OS/c2*1-19-13-10-6-5-9-12(13)14-16-17-15(20)18(14)11-7-3-2-4-8-11/h2*5-6,9-11H,2-4,7-8H2,1H3,(H,17,20). The summed E-state index contributed by atoms with van der Waals surface area (Å²) in [5.41, 5.74) is 1.99. The molecule has 2 aliphatic rings. The van der Waals surface area contributed by atoms with Gasteiger partial charge < -0.3 is 9.47 Å². The van der Waals surface area contributed by atoms with Crippen LogP contribution in [-0.2, 0) is 0 Å². The molecule has 0 aliphatic heterocycles. The van der Waals surface area contributed by atoms with Gasteiger partial charge in [-0.05, 0) is 74.4 Å². The Morgan fingerprint density at radius 3 is 1.38 bits per heavy atom. The summed E-state index contributed by atoms with van der Waals surface area (Å²) in [6, 6.07) is 16.8. The highest BCUT2D eigenvalue weighted by Gasteiger charge is 2.23. The van der Waals surface area contributed by atoms with Gasteiger partial charge in [0, 0.05) is 12.1 Å². The van der Waals surface area contributed by atoms with Crippen LogP contribution in [0.15, 0.2) is 48.5 Å². The molecule has 40 heavy (non-hydrogen) atoms. The van der Waals surface area contributed by atoms with Gasteiger partial charge in [0.15, 0.2) is 21.2 Å². The van der Waals surface area contributed by atoms with Crippen LogP contribution >= 0.6 is 24.4 Å². The van der Waals surface area contributed by atoms with Gasteiger partial charge in [0.2, 0.25) is 0 Å². The fourth-order valence-corrected chi connectivity index (χ4v) is 6.57. The van der Waals surface area contributed by atoms with Crippen LogP contribution in [0, 0.1) is 9.54 Å². The minimum absolute atomic E-state index is 0.454. The SMILES string of the molecule is COc1ccccc1-c1n[nH]c(=S)n1C1CCCCC1.COc1ccccc1-c1n[nH]c(=S)n1C1CCCCC1. The normalized spacial score (nSPS) is 16.2. The maximum atomic E-state index is 5.45. The lowest BCUT2D eigenvalue weighted by Crippen LogP contribution is -2.14. The van der Waals surface area contributed by atoms with E-state index in [4.69, 9.17) is 33.9 Å². The Kier molecular flexibility index (Phi) is 9.49. The molecule has 0 amide bonds. The molecule has 10 heteroatoms. The van der Waals surface area contributed by atoms with Crippen LogP contribution < -0.4 is 9.47 Å². The number of rotatable bonds is 6. The Morgan fingerprint density at radius 2 is 1.00 bits per heavy atom. The molecule has 0 atom stereocenters. The second-order valence-corrected chi connectivity index (χ2v) is 11.2. The van der Waals surface area contributed by atoms with Crippen molar-refractivity contribution in [2.24, 2.45) is 0 Å². The summed E-state index contributed by atoms with van der Waals surface area (Å²) < 4.78 is 16.7. The number of H-pyrrole nitrogens is 2. The molecule has 0 spiro atoms. The Balaban J connectivity index is 0.000000161. The van der Waals surface area contributed by atoms with Crippen molar-refractivity contribution in [3.63, 3.8) is 0 Å². The van der Waals surface area contributed by atoms with Gasteiger partial charge in [-0.1, -0.05) is 62.8 Å². The summed E-state index contributed by atoms with van der Waals surface area (Å²) in [7, 11) is 3.37. The minimum atomic E-state index is 0.454. The van der Waals surface area contributed by atoms with Gasteiger partial charge in [-0.2, -0.15) is 10.2 Å². The minimum Gasteiger partial charge on any atom is -0.496 e. The zero-order valence-electron chi connectivity index (χ0n) is 23.3. The lowest BCUT2D eigenvalue weighted by molar-refractivity contribution is 0.352. The number of hydrogen-bond acceptors (Lipinski definition) is 6. The number of nitrogens with zero attached hydrogens (tertiary/aromatic N) is 4. The van der Waals surface area contributed by atoms with Crippen molar-refractivity contribution < 1.29 is 9.47 Å². The third-order valence-corrected chi connectivity index (χ3v) is 8.56. The van der Waals surface area contributed by atoms with Crippen LogP contribution in [0.1, 0.15) is 76.3 Å². The quantitative estimate of drug-likeness (QED) is 0.224. The van der Waals surface area contributed by atoms with Crippen molar-refractivity contribution in [1.29, 1.82) is 0 Å². The van der Waals surface area contributed by atoms with Crippen LogP contribution in [0.4, 0.5) is 0 Å². The number of para-hydroxylation sites is 2. The van der Waals surface area contributed by atoms with E-state index in [0.717, 1.165) is 34.3 Å². The number of hydrogen-bond donors (Lipinski definition) is 2. The first kappa shape index (κ1) is 28.3. The Hall–Kier alpha value is -3.24. The van der Waals surface area contributed by atoms with E-state index in [1.807, 2.05) is 48.5 Å². The predicted molar refractivity (Wildman–Crippen MR) is 163 cm³/mol. The Morgan fingerprint density at radius 1 is 0.625 bits per heavy atom. The highest BCUT2D eigenvalue weighted by atomic mass is 32.1. The highest BCUT2D eigenvalue weighted by molar-refractivity contribution is 7.71. The third-order valence-electron chi connectivity index (χ3n) is 7.98. The topological polar surface area (TPSA) is 85.7 Å². The van der Waals surface area contributed by atoms with Crippen LogP contribution in [0.3, 0.4) is 0 Å². The summed E-state index contributed by atoms with van der Waals surface area (Å²) in [5, 5.41) is 14.8. The van der Waals surface area contributed by atoms with Crippen molar-refractivity contribution in [2.45, 2.75) is 76.3 Å². The van der Waals surface area contributed by atoms with E-state index in [0.29, 0.717) is 21.6 Å². The van der Waals surface area contributed by atoms with E-state index >= 15 is 0 Å². The molecule has 2 aromatic heterocycles. The second-order valence-electron chi connectivity index (χ2n) is 10.4. The first-order valence-electron chi connectivity index (χ1n) is 14.2. The molecular formula is C30H38N6O2S2. The monoisotopic (exact) mass is 578 g/mol. The van der Waals surface area contributed by atoms with E-state index < -0.39 is 0 Å². The first-order chi connectivity index (χ1) is 19.6. The number of aromatic nitrogens is 6. The Labute approximate surface area is 245 Å². The lowest BCUT2D eigenvalue weighted by Gasteiger charge is -2.24. The molecule has 0 unspecified atom stereocenters. The number of ether oxygens (including phenoxy) is 2. The molecule has 0 radical (unpaired) electrons. The van der Waals surface area contributed by atoms with Crippen molar-refractivity contribution in [3.8, 4) is 34.3 Å². The van der Waals surface area contributed by atoms with Crippen molar-refractivity contribution in [2.75, 3.05) is 14.2 Å². The van der Waals surface area contributed by atoms with Crippen LogP contribution in [0.25, 0.3) is 22.8 Å². The van der Waals surface area contributed by atoms with Crippen LogP contribution in [-0.4, -0.2) is 43.7 Å². The van der Waals surface area contributed by atoms with Gasteiger partial charge in [0.05, 0.1) is 25.3 Å². The number of benzene rings is 2. The van der Waals surface area contributed by atoms with Gasteiger partial charge >= 0.3 is 0 Å². The fourth-order valence-electron chi connectivity index (χ4n) is 6.00. The fraction of sp³-hybridized carbons (Fsp3) is 0.467. The molecule has 2 fully saturated rings. The number of methoxy groups -OCH3 is 2.